The molecule has 0 unspecified atom stereocenters. The predicted octanol–water partition coefficient (Wildman–Crippen LogP) is 1.00. The van der Waals surface area contributed by atoms with Crippen molar-refractivity contribution in [1.82, 2.24) is 0 Å². The number of phenolic OH excluding ortho intramolecular Hbond substituents is 2. The molecule has 16 heavy (non-hydrogen) atoms. The van der Waals surface area contributed by atoms with Gasteiger partial charge in [0, 0.05) is 12.1 Å². The van der Waals surface area contributed by atoms with Crippen LogP contribution >= 0.6 is 0 Å². The van der Waals surface area contributed by atoms with E-state index in [2.05, 4.69) is 0 Å². The number of phenols is 2. The molecule has 2 rings (SSSR count). The Morgan fingerprint density at radius 3 is 2.62 bits per heavy atom. The highest BCUT2D eigenvalue weighted by molar-refractivity contribution is 5.85. The molecule has 84 valence electrons. The Kier molecular flexibility index (Phi) is 2.32. The lowest BCUT2D eigenvalue weighted by Crippen LogP contribution is -2.11. The Morgan fingerprint density at radius 1 is 1.31 bits per heavy atom. The van der Waals surface area contributed by atoms with Gasteiger partial charge in [0.15, 0.2) is 0 Å². The highest BCUT2D eigenvalue weighted by atomic mass is 16.3. The van der Waals surface area contributed by atoms with E-state index in [4.69, 9.17) is 9.52 Å². The number of hydrogen-bond donors (Lipinski definition) is 3. The first-order chi connectivity index (χ1) is 7.54. The molecule has 0 radical (unpaired) electrons. The second-order valence-corrected chi connectivity index (χ2v) is 3.46. The van der Waals surface area contributed by atoms with Crippen LogP contribution in [0.4, 0.5) is 0 Å². The Bertz CT molecular complexity index is 612. The van der Waals surface area contributed by atoms with Gasteiger partial charge in [-0.2, -0.15) is 0 Å². The number of aryl methyl sites for hydroxylation is 1. The van der Waals surface area contributed by atoms with Gasteiger partial charge in [0.05, 0.1) is 12.2 Å². The van der Waals surface area contributed by atoms with Crippen LogP contribution in [0.5, 0.6) is 11.5 Å². The molecule has 0 bridgehead atoms. The van der Waals surface area contributed by atoms with Crippen LogP contribution in [-0.4, -0.2) is 15.3 Å². The summed E-state index contributed by atoms with van der Waals surface area (Å²) in [6.07, 6.45) is 0. The minimum absolute atomic E-state index is 0.0348. The third kappa shape index (κ3) is 1.42. The van der Waals surface area contributed by atoms with Gasteiger partial charge in [-0.1, -0.05) is 0 Å². The van der Waals surface area contributed by atoms with E-state index in [1.165, 1.54) is 13.0 Å². The molecular formula is C11H10O5. The number of benzene rings is 1. The third-order valence-corrected chi connectivity index (χ3v) is 2.41. The fourth-order valence-corrected chi connectivity index (χ4v) is 1.62. The number of aliphatic hydroxyl groups is 1. The third-order valence-electron chi connectivity index (χ3n) is 2.41. The highest BCUT2D eigenvalue weighted by Crippen LogP contribution is 2.28. The maximum absolute atomic E-state index is 11.9. The zero-order valence-corrected chi connectivity index (χ0v) is 8.52. The van der Waals surface area contributed by atoms with Gasteiger partial charge in [-0.15, -0.1) is 0 Å². The molecule has 1 aromatic carbocycles. The van der Waals surface area contributed by atoms with E-state index in [9.17, 15) is 15.0 Å². The van der Waals surface area contributed by atoms with Crippen molar-refractivity contribution in [2.24, 2.45) is 0 Å². The van der Waals surface area contributed by atoms with Crippen LogP contribution in [0.15, 0.2) is 21.3 Å². The van der Waals surface area contributed by atoms with Crippen molar-refractivity contribution in [3.8, 4) is 11.5 Å². The molecule has 0 amide bonds. The molecule has 3 N–H and O–H groups in total. The maximum Gasteiger partial charge on any atom is 0.202 e. The quantitative estimate of drug-likeness (QED) is 0.669. The molecule has 0 saturated heterocycles. The largest absolute Gasteiger partial charge is 0.508 e. The minimum Gasteiger partial charge on any atom is -0.508 e. The van der Waals surface area contributed by atoms with Crippen LogP contribution < -0.4 is 5.43 Å². The smallest absolute Gasteiger partial charge is 0.202 e. The number of fused-ring (bicyclic) bond motifs is 1. The number of aliphatic hydroxyl groups excluding tert-OH is 1. The average Bonchev–Trinajstić information content (AvgIpc) is 2.15. The van der Waals surface area contributed by atoms with Gasteiger partial charge in [0.1, 0.15) is 28.2 Å². The lowest BCUT2D eigenvalue weighted by molar-refractivity contribution is 0.275. The van der Waals surface area contributed by atoms with E-state index in [0.717, 1.165) is 6.07 Å². The van der Waals surface area contributed by atoms with Crippen LogP contribution in [-0.2, 0) is 6.61 Å². The molecule has 5 nitrogen and oxygen atoms in total. The van der Waals surface area contributed by atoms with Crippen molar-refractivity contribution in [3.05, 3.63) is 33.7 Å². The van der Waals surface area contributed by atoms with Gasteiger partial charge in [0.25, 0.3) is 0 Å². The summed E-state index contributed by atoms with van der Waals surface area (Å²) < 4.78 is 5.25. The first-order valence-electron chi connectivity index (χ1n) is 4.63. The summed E-state index contributed by atoms with van der Waals surface area (Å²) in [5.74, 6) is -0.284. The second-order valence-electron chi connectivity index (χ2n) is 3.46. The SMILES string of the molecule is Cc1oc2cc(O)cc(O)c2c(=O)c1CO. The molecule has 5 heteroatoms. The first-order valence-corrected chi connectivity index (χ1v) is 4.63. The zero-order valence-electron chi connectivity index (χ0n) is 8.52. The fourth-order valence-electron chi connectivity index (χ4n) is 1.62. The van der Waals surface area contributed by atoms with E-state index >= 15 is 0 Å². The molecule has 0 aliphatic rings. The molecule has 0 aliphatic carbocycles. The van der Waals surface area contributed by atoms with Crippen molar-refractivity contribution in [2.45, 2.75) is 13.5 Å². The lowest BCUT2D eigenvalue weighted by Gasteiger charge is -2.05. The lowest BCUT2D eigenvalue weighted by atomic mass is 10.1. The van der Waals surface area contributed by atoms with E-state index in [0.29, 0.717) is 0 Å². The number of hydrogen-bond acceptors (Lipinski definition) is 5. The monoisotopic (exact) mass is 222 g/mol. The van der Waals surface area contributed by atoms with Crippen LogP contribution in [0.1, 0.15) is 11.3 Å². The average molecular weight is 222 g/mol. The Labute approximate surface area is 90.2 Å². The van der Waals surface area contributed by atoms with Gasteiger partial charge in [-0.25, -0.2) is 0 Å². The molecule has 1 aromatic heterocycles. The van der Waals surface area contributed by atoms with E-state index in [-0.39, 0.29) is 33.8 Å². The molecule has 0 atom stereocenters. The summed E-state index contributed by atoms with van der Waals surface area (Å²) >= 11 is 0. The minimum atomic E-state index is -0.487. The molecular weight excluding hydrogens is 212 g/mol. The summed E-state index contributed by atoms with van der Waals surface area (Å²) in [7, 11) is 0. The summed E-state index contributed by atoms with van der Waals surface area (Å²) in [5.41, 5.74) is -0.288. The summed E-state index contributed by atoms with van der Waals surface area (Å²) in [5, 5.41) is 27.8. The predicted molar refractivity (Wildman–Crippen MR) is 56.5 cm³/mol. The molecule has 2 aromatic rings. The standard InChI is InChI=1S/C11H10O5/c1-5-7(4-12)11(15)10-8(14)2-6(13)3-9(10)16-5/h2-3,12-14H,4H2,1H3. The number of rotatable bonds is 1. The summed E-state index contributed by atoms with van der Waals surface area (Å²) in [6, 6.07) is 2.29. The van der Waals surface area contributed by atoms with E-state index in [1.807, 2.05) is 0 Å². The van der Waals surface area contributed by atoms with Crippen molar-refractivity contribution in [1.29, 1.82) is 0 Å². The van der Waals surface area contributed by atoms with Crippen LogP contribution in [0.3, 0.4) is 0 Å². The zero-order chi connectivity index (χ0) is 11.9. The summed E-state index contributed by atoms with van der Waals surface area (Å²) in [4.78, 5) is 11.9. The second kappa shape index (κ2) is 3.53. The number of aromatic hydroxyl groups is 2. The first kappa shape index (κ1) is 10.5. The van der Waals surface area contributed by atoms with Crippen molar-refractivity contribution >= 4 is 11.0 Å². The molecule has 0 spiro atoms. The normalized spacial score (nSPS) is 10.9. The van der Waals surface area contributed by atoms with Crippen LogP contribution in [0.25, 0.3) is 11.0 Å². The molecule has 0 aliphatic heterocycles. The summed E-state index contributed by atoms with van der Waals surface area (Å²) in [6.45, 7) is 1.08. The van der Waals surface area contributed by atoms with Gasteiger partial charge < -0.3 is 19.7 Å². The van der Waals surface area contributed by atoms with Crippen molar-refractivity contribution in [2.75, 3.05) is 0 Å². The van der Waals surface area contributed by atoms with Crippen LogP contribution in [0, 0.1) is 6.92 Å². The topological polar surface area (TPSA) is 90.9 Å². The highest BCUT2D eigenvalue weighted by Gasteiger charge is 2.14. The molecule has 1 heterocycles. The Morgan fingerprint density at radius 2 is 2.00 bits per heavy atom. The van der Waals surface area contributed by atoms with Crippen LogP contribution in [0.2, 0.25) is 0 Å². The van der Waals surface area contributed by atoms with E-state index < -0.39 is 12.0 Å². The fraction of sp³-hybridized carbons (Fsp3) is 0.182. The van der Waals surface area contributed by atoms with Gasteiger partial charge in [-0.3, -0.25) is 4.79 Å². The molecule has 0 saturated carbocycles. The van der Waals surface area contributed by atoms with Crippen molar-refractivity contribution < 1.29 is 19.7 Å². The van der Waals surface area contributed by atoms with E-state index in [1.54, 1.807) is 0 Å². The van der Waals surface area contributed by atoms with Crippen molar-refractivity contribution in [3.63, 3.8) is 0 Å². The van der Waals surface area contributed by atoms with Gasteiger partial charge in [-0.05, 0) is 6.92 Å². The Balaban J connectivity index is 2.99. The van der Waals surface area contributed by atoms with Gasteiger partial charge >= 0.3 is 0 Å². The maximum atomic E-state index is 11.9. The van der Waals surface area contributed by atoms with Gasteiger partial charge in [0.2, 0.25) is 5.43 Å². The molecule has 0 fully saturated rings. The Hall–Kier alpha value is -2.01.